The largest absolute Gasteiger partial charge is 0.259 e. The minimum atomic E-state index is -3.36. The Balaban J connectivity index is 3.03. The lowest BCUT2D eigenvalue weighted by Gasteiger charge is -1.98. The molecule has 0 spiro atoms. The fraction of sp³-hybridized carbons (Fsp3) is 0.250. The summed E-state index contributed by atoms with van der Waals surface area (Å²) in [6.07, 6.45) is 0. The first-order chi connectivity index (χ1) is 6.55. The van der Waals surface area contributed by atoms with Gasteiger partial charge < -0.3 is 0 Å². The number of nitrogens with zero attached hydrogens (tertiary/aromatic N) is 1. The molecule has 6 heteroatoms. The summed E-state index contributed by atoms with van der Waals surface area (Å²) in [6, 6.07) is 8.94. The minimum absolute atomic E-state index is 0.0178. The van der Waals surface area contributed by atoms with E-state index in [0.29, 0.717) is 4.90 Å². The Labute approximate surface area is 90.8 Å². The van der Waals surface area contributed by atoms with Crippen LogP contribution < -0.4 is 0 Å². The van der Waals surface area contributed by atoms with E-state index in [1.54, 1.807) is 24.3 Å². The summed E-state index contributed by atoms with van der Waals surface area (Å²) in [5.41, 5.74) is 0. The first kappa shape index (κ1) is 11.7. The number of sulfonamides is 1. The maximum Gasteiger partial charge on any atom is 0.259 e. The van der Waals surface area contributed by atoms with Gasteiger partial charge in [0.2, 0.25) is 0 Å². The van der Waals surface area contributed by atoms with Crippen LogP contribution in [0, 0.1) is 0 Å². The van der Waals surface area contributed by atoms with Crippen LogP contribution >= 0.6 is 10.7 Å². The SMILES string of the molecule is CCS(=O)(=O)N=[S@@](Cl)c1ccccc1. The molecule has 0 radical (unpaired) electrons. The molecule has 0 unspecified atom stereocenters. The van der Waals surface area contributed by atoms with E-state index in [2.05, 4.69) is 3.77 Å². The number of halogens is 1. The van der Waals surface area contributed by atoms with Crippen LogP contribution in [-0.2, 0) is 19.9 Å². The Bertz CT molecular complexity index is 428. The van der Waals surface area contributed by atoms with Gasteiger partial charge in [0.05, 0.1) is 5.75 Å². The average Bonchev–Trinajstić information content (AvgIpc) is 2.19. The van der Waals surface area contributed by atoms with Gasteiger partial charge in [-0.05, 0) is 29.7 Å². The monoisotopic (exact) mass is 251 g/mol. The van der Waals surface area contributed by atoms with Crippen molar-refractivity contribution in [3.05, 3.63) is 30.3 Å². The van der Waals surface area contributed by atoms with E-state index in [1.165, 1.54) is 6.92 Å². The van der Waals surface area contributed by atoms with E-state index in [9.17, 15) is 8.42 Å². The third-order valence-electron chi connectivity index (χ3n) is 1.48. The van der Waals surface area contributed by atoms with Gasteiger partial charge in [-0.1, -0.05) is 18.2 Å². The van der Waals surface area contributed by atoms with Crippen LogP contribution in [0.1, 0.15) is 6.92 Å². The second kappa shape index (κ2) is 4.91. The quantitative estimate of drug-likeness (QED) is 0.828. The van der Waals surface area contributed by atoms with Gasteiger partial charge in [0.15, 0.2) is 0 Å². The zero-order chi connectivity index (χ0) is 10.6. The van der Waals surface area contributed by atoms with Crippen LogP contribution in [0.5, 0.6) is 0 Å². The third kappa shape index (κ3) is 3.40. The molecule has 0 heterocycles. The molecule has 0 aromatic heterocycles. The van der Waals surface area contributed by atoms with Crippen molar-refractivity contribution in [2.45, 2.75) is 11.8 Å². The van der Waals surface area contributed by atoms with Crippen molar-refractivity contribution in [3.63, 3.8) is 0 Å². The number of hydrogen-bond donors (Lipinski definition) is 0. The predicted molar refractivity (Wildman–Crippen MR) is 59.8 cm³/mol. The van der Waals surface area contributed by atoms with E-state index in [1.807, 2.05) is 6.07 Å². The lowest BCUT2D eigenvalue weighted by Crippen LogP contribution is -1.99. The molecule has 0 saturated heterocycles. The molecular weight excluding hydrogens is 242 g/mol. The first-order valence-corrected chi connectivity index (χ1v) is 7.58. The highest BCUT2D eigenvalue weighted by Gasteiger charge is 2.06. The Kier molecular flexibility index (Phi) is 4.10. The van der Waals surface area contributed by atoms with Crippen molar-refractivity contribution >= 4 is 30.6 Å². The van der Waals surface area contributed by atoms with Crippen LogP contribution in [0.4, 0.5) is 0 Å². The van der Waals surface area contributed by atoms with Gasteiger partial charge in [0, 0.05) is 14.8 Å². The van der Waals surface area contributed by atoms with Crippen LogP contribution in [0.15, 0.2) is 39.0 Å². The standard InChI is InChI=1S/C8H10ClNO2S2/c1-2-14(11,12)10-13(9)8-6-4-3-5-7-8/h3-7H,2H2,1H3/t13-/m1/s1. The molecule has 0 saturated carbocycles. The van der Waals surface area contributed by atoms with Gasteiger partial charge >= 0.3 is 0 Å². The lowest BCUT2D eigenvalue weighted by atomic mass is 10.4. The molecular formula is C8H10ClNO2S2. The first-order valence-electron chi connectivity index (χ1n) is 3.96. The molecule has 1 rings (SSSR count). The highest BCUT2D eigenvalue weighted by Crippen LogP contribution is 2.14. The van der Waals surface area contributed by atoms with E-state index < -0.39 is 19.9 Å². The fourth-order valence-electron chi connectivity index (χ4n) is 0.728. The highest BCUT2D eigenvalue weighted by atomic mass is 35.7. The normalized spacial score (nSPS) is 14.1. The summed E-state index contributed by atoms with van der Waals surface area (Å²) in [5.74, 6) is -0.0178. The van der Waals surface area contributed by atoms with Crippen LogP contribution in [0.25, 0.3) is 0 Å². The molecule has 0 N–H and O–H groups in total. The van der Waals surface area contributed by atoms with E-state index in [4.69, 9.17) is 10.7 Å². The summed E-state index contributed by atoms with van der Waals surface area (Å²) in [7, 11) is 1.40. The van der Waals surface area contributed by atoms with E-state index in [0.717, 1.165) is 0 Å². The molecule has 0 aliphatic carbocycles. The van der Waals surface area contributed by atoms with Crippen molar-refractivity contribution in [1.82, 2.24) is 0 Å². The molecule has 0 aliphatic heterocycles. The summed E-state index contributed by atoms with van der Waals surface area (Å²) in [6.45, 7) is 1.54. The molecule has 0 amide bonds. The number of hydrogen-bond acceptors (Lipinski definition) is 2. The third-order valence-corrected chi connectivity index (χ3v) is 5.35. The van der Waals surface area contributed by atoms with Crippen LogP contribution in [0.2, 0.25) is 0 Å². The molecule has 1 atom stereocenters. The Morgan fingerprint density at radius 1 is 1.36 bits per heavy atom. The fourth-order valence-corrected chi connectivity index (χ4v) is 3.75. The van der Waals surface area contributed by atoms with Gasteiger partial charge in [0.1, 0.15) is 0 Å². The molecule has 14 heavy (non-hydrogen) atoms. The zero-order valence-electron chi connectivity index (χ0n) is 7.55. The summed E-state index contributed by atoms with van der Waals surface area (Å²) >= 11 is 0. The Morgan fingerprint density at radius 2 is 1.93 bits per heavy atom. The molecule has 0 aliphatic rings. The molecule has 0 bridgehead atoms. The summed E-state index contributed by atoms with van der Waals surface area (Å²) in [5, 5.41) is 0. The predicted octanol–water partition coefficient (Wildman–Crippen LogP) is 2.35. The van der Waals surface area contributed by atoms with Crippen molar-refractivity contribution < 1.29 is 8.42 Å². The Morgan fingerprint density at radius 3 is 2.43 bits per heavy atom. The van der Waals surface area contributed by atoms with Gasteiger partial charge in [-0.25, -0.2) is 8.42 Å². The Hall–Kier alpha value is -0.390. The molecule has 1 aromatic carbocycles. The summed E-state index contributed by atoms with van der Waals surface area (Å²) < 4.78 is 25.8. The molecule has 0 fully saturated rings. The topological polar surface area (TPSA) is 46.5 Å². The van der Waals surface area contributed by atoms with Gasteiger partial charge in [-0.15, -0.1) is 3.77 Å². The smallest absolute Gasteiger partial charge is 0.204 e. The van der Waals surface area contributed by atoms with Gasteiger partial charge in [0.25, 0.3) is 10.0 Å². The maximum atomic E-state index is 11.1. The van der Waals surface area contributed by atoms with Crippen LogP contribution in [0.3, 0.4) is 0 Å². The van der Waals surface area contributed by atoms with Crippen molar-refractivity contribution in [3.8, 4) is 0 Å². The lowest BCUT2D eigenvalue weighted by molar-refractivity contribution is 0.600. The average molecular weight is 252 g/mol. The van der Waals surface area contributed by atoms with Gasteiger partial charge in [-0.3, -0.25) is 0 Å². The van der Waals surface area contributed by atoms with E-state index >= 15 is 0 Å². The second-order valence-corrected chi connectivity index (χ2v) is 6.66. The molecule has 78 valence electrons. The van der Waals surface area contributed by atoms with Crippen molar-refractivity contribution in [2.75, 3.05) is 5.75 Å². The van der Waals surface area contributed by atoms with Gasteiger partial charge in [-0.2, -0.15) is 0 Å². The highest BCUT2D eigenvalue weighted by molar-refractivity contribution is 8.14. The second-order valence-electron chi connectivity index (χ2n) is 2.50. The number of rotatable bonds is 3. The van der Waals surface area contributed by atoms with Crippen molar-refractivity contribution in [2.24, 2.45) is 3.77 Å². The molecule has 1 aromatic rings. The number of benzene rings is 1. The molecule has 3 nitrogen and oxygen atoms in total. The van der Waals surface area contributed by atoms with E-state index in [-0.39, 0.29) is 5.75 Å². The van der Waals surface area contributed by atoms with Crippen molar-refractivity contribution in [1.29, 1.82) is 0 Å². The zero-order valence-corrected chi connectivity index (χ0v) is 9.94. The van der Waals surface area contributed by atoms with Crippen LogP contribution in [-0.4, -0.2) is 14.2 Å². The minimum Gasteiger partial charge on any atom is -0.204 e. The maximum absolute atomic E-state index is 11.1. The summed E-state index contributed by atoms with van der Waals surface area (Å²) in [4.78, 5) is 0.714.